The highest BCUT2D eigenvalue weighted by Gasteiger charge is 2.11. The van der Waals surface area contributed by atoms with Crippen molar-refractivity contribution in [2.45, 2.75) is 18.9 Å². The Hall–Kier alpha value is -0.580. The highest BCUT2D eigenvalue weighted by molar-refractivity contribution is 9.10. The fourth-order valence-corrected chi connectivity index (χ4v) is 3.12. The summed E-state index contributed by atoms with van der Waals surface area (Å²) in [5.74, 6) is 0.997. The summed E-state index contributed by atoms with van der Waals surface area (Å²) in [6.45, 7) is 0. The molecule has 0 bridgehead atoms. The van der Waals surface area contributed by atoms with Crippen molar-refractivity contribution in [1.29, 1.82) is 0 Å². The molecule has 0 aliphatic carbocycles. The van der Waals surface area contributed by atoms with Gasteiger partial charge in [-0.15, -0.1) is 0 Å². The van der Waals surface area contributed by atoms with Gasteiger partial charge in [0.05, 0.1) is 6.26 Å². The standard InChI is InChI=1S/C11H12BrNOS/c12-10-7-15-6-9(10)11(13)4-3-8-2-1-5-14-8/h1-2,5-7,11H,3-4,13H2. The van der Waals surface area contributed by atoms with Gasteiger partial charge in [0.15, 0.2) is 0 Å². The fourth-order valence-electron chi connectivity index (χ4n) is 1.46. The molecule has 4 heteroatoms. The molecule has 0 fully saturated rings. The lowest BCUT2D eigenvalue weighted by atomic mass is 10.1. The van der Waals surface area contributed by atoms with Crippen molar-refractivity contribution in [3.63, 3.8) is 0 Å². The smallest absolute Gasteiger partial charge is 0.103 e. The van der Waals surface area contributed by atoms with Crippen LogP contribution in [0.1, 0.15) is 23.8 Å². The van der Waals surface area contributed by atoms with Crippen LogP contribution in [0, 0.1) is 0 Å². The van der Waals surface area contributed by atoms with E-state index in [4.69, 9.17) is 10.2 Å². The van der Waals surface area contributed by atoms with E-state index in [0.717, 1.165) is 23.1 Å². The number of thiophene rings is 1. The summed E-state index contributed by atoms with van der Waals surface area (Å²) in [5, 5.41) is 4.15. The lowest BCUT2D eigenvalue weighted by molar-refractivity contribution is 0.488. The van der Waals surface area contributed by atoms with E-state index < -0.39 is 0 Å². The minimum atomic E-state index is 0.0794. The molecular formula is C11H12BrNOS. The Morgan fingerprint density at radius 2 is 2.33 bits per heavy atom. The molecule has 0 aromatic carbocycles. The van der Waals surface area contributed by atoms with Crippen molar-refractivity contribution in [1.82, 2.24) is 0 Å². The maximum Gasteiger partial charge on any atom is 0.103 e. The summed E-state index contributed by atoms with van der Waals surface area (Å²) in [4.78, 5) is 0. The number of hydrogen-bond acceptors (Lipinski definition) is 3. The van der Waals surface area contributed by atoms with E-state index in [-0.39, 0.29) is 6.04 Å². The van der Waals surface area contributed by atoms with Crippen molar-refractivity contribution in [3.8, 4) is 0 Å². The molecule has 2 aromatic rings. The number of nitrogens with two attached hydrogens (primary N) is 1. The minimum Gasteiger partial charge on any atom is -0.469 e. The normalized spacial score (nSPS) is 12.9. The SMILES string of the molecule is NC(CCc1ccco1)c1cscc1Br. The highest BCUT2D eigenvalue weighted by atomic mass is 79.9. The minimum absolute atomic E-state index is 0.0794. The second-order valence-electron chi connectivity index (χ2n) is 3.40. The topological polar surface area (TPSA) is 39.2 Å². The van der Waals surface area contributed by atoms with Crippen LogP contribution in [0.3, 0.4) is 0 Å². The Kier molecular flexibility index (Phi) is 3.61. The zero-order valence-corrected chi connectivity index (χ0v) is 10.6. The van der Waals surface area contributed by atoms with Gasteiger partial charge in [0.25, 0.3) is 0 Å². The molecule has 2 aromatic heterocycles. The maximum atomic E-state index is 6.09. The summed E-state index contributed by atoms with van der Waals surface area (Å²) in [6, 6.07) is 3.97. The monoisotopic (exact) mass is 285 g/mol. The molecule has 0 radical (unpaired) electrons. The molecule has 80 valence electrons. The van der Waals surface area contributed by atoms with Crippen molar-refractivity contribution in [2.24, 2.45) is 5.73 Å². The molecule has 0 saturated heterocycles. The van der Waals surface area contributed by atoms with E-state index in [0.29, 0.717) is 0 Å². The third-order valence-corrected chi connectivity index (χ3v) is 4.08. The zero-order valence-electron chi connectivity index (χ0n) is 8.15. The Balaban J connectivity index is 1.93. The largest absolute Gasteiger partial charge is 0.469 e. The summed E-state index contributed by atoms with van der Waals surface area (Å²) in [5.41, 5.74) is 7.28. The van der Waals surface area contributed by atoms with Crippen molar-refractivity contribution < 1.29 is 4.42 Å². The first kappa shape index (κ1) is 10.9. The van der Waals surface area contributed by atoms with E-state index in [9.17, 15) is 0 Å². The Bertz CT molecular complexity index is 410. The molecule has 0 amide bonds. The van der Waals surface area contributed by atoms with Crippen LogP contribution in [-0.2, 0) is 6.42 Å². The summed E-state index contributed by atoms with van der Waals surface area (Å²) < 4.78 is 6.38. The van der Waals surface area contributed by atoms with E-state index in [2.05, 4.69) is 26.7 Å². The van der Waals surface area contributed by atoms with E-state index >= 15 is 0 Å². The third kappa shape index (κ3) is 2.71. The van der Waals surface area contributed by atoms with Crippen LogP contribution in [0.2, 0.25) is 0 Å². The molecule has 2 rings (SSSR count). The van der Waals surface area contributed by atoms with Crippen LogP contribution in [0.15, 0.2) is 38.0 Å². The Morgan fingerprint density at radius 3 is 2.93 bits per heavy atom. The number of rotatable bonds is 4. The summed E-state index contributed by atoms with van der Waals surface area (Å²) in [6.07, 6.45) is 3.49. The van der Waals surface area contributed by atoms with Gasteiger partial charge in [0.1, 0.15) is 5.76 Å². The lowest BCUT2D eigenvalue weighted by Gasteiger charge is -2.09. The third-order valence-electron chi connectivity index (χ3n) is 2.32. The molecule has 2 heterocycles. The molecule has 1 atom stereocenters. The number of hydrogen-bond donors (Lipinski definition) is 1. The van der Waals surface area contributed by atoms with Crippen molar-refractivity contribution in [3.05, 3.63) is 45.0 Å². The first-order valence-corrected chi connectivity index (χ1v) is 6.50. The molecule has 0 spiro atoms. The molecule has 15 heavy (non-hydrogen) atoms. The van der Waals surface area contributed by atoms with Gasteiger partial charge in [0, 0.05) is 22.3 Å². The molecule has 2 N–H and O–H groups in total. The van der Waals surface area contributed by atoms with Gasteiger partial charge in [-0.25, -0.2) is 0 Å². The van der Waals surface area contributed by atoms with Gasteiger partial charge in [0.2, 0.25) is 0 Å². The quantitative estimate of drug-likeness (QED) is 0.930. The first-order chi connectivity index (χ1) is 7.27. The van der Waals surface area contributed by atoms with Crippen LogP contribution in [0.5, 0.6) is 0 Å². The molecular weight excluding hydrogens is 274 g/mol. The number of aryl methyl sites for hydroxylation is 1. The van der Waals surface area contributed by atoms with Crippen LogP contribution in [0.25, 0.3) is 0 Å². The van der Waals surface area contributed by atoms with Gasteiger partial charge in [-0.05, 0) is 45.4 Å². The lowest BCUT2D eigenvalue weighted by Crippen LogP contribution is -2.10. The predicted molar refractivity (Wildman–Crippen MR) is 66.0 cm³/mol. The summed E-state index contributed by atoms with van der Waals surface area (Å²) in [7, 11) is 0. The van der Waals surface area contributed by atoms with Crippen molar-refractivity contribution >= 4 is 27.3 Å². The molecule has 0 aliphatic rings. The van der Waals surface area contributed by atoms with Gasteiger partial charge < -0.3 is 10.2 Å². The van der Waals surface area contributed by atoms with Crippen LogP contribution >= 0.6 is 27.3 Å². The first-order valence-electron chi connectivity index (χ1n) is 4.77. The highest BCUT2D eigenvalue weighted by Crippen LogP contribution is 2.28. The van der Waals surface area contributed by atoms with Crippen molar-refractivity contribution in [2.75, 3.05) is 0 Å². The average Bonchev–Trinajstić information content (AvgIpc) is 2.84. The predicted octanol–water partition coefficient (Wildman–Crippen LogP) is 3.74. The maximum absolute atomic E-state index is 6.09. The fraction of sp³-hybridized carbons (Fsp3) is 0.273. The molecule has 1 unspecified atom stereocenters. The Labute approximate surface area is 101 Å². The number of furan rings is 1. The Morgan fingerprint density at radius 1 is 1.47 bits per heavy atom. The van der Waals surface area contributed by atoms with Gasteiger partial charge >= 0.3 is 0 Å². The van der Waals surface area contributed by atoms with Crippen LogP contribution in [-0.4, -0.2) is 0 Å². The second-order valence-corrected chi connectivity index (χ2v) is 5.00. The molecule has 0 saturated carbocycles. The van der Waals surface area contributed by atoms with E-state index in [1.165, 1.54) is 5.56 Å². The molecule has 0 aliphatic heterocycles. The number of halogens is 1. The van der Waals surface area contributed by atoms with Crippen LogP contribution in [0.4, 0.5) is 0 Å². The van der Waals surface area contributed by atoms with E-state index in [1.807, 2.05) is 12.1 Å². The van der Waals surface area contributed by atoms with E-state index in [1.54, 1.807) is 17.6 Å². The average molecular weight is 286 g/mol. The van der Waals surface area contributed by atoms with Gasteiger partial charge in [-0.3, -0.25) is 0 Å². The van der Waals surface area contributed by atoms with Gasteiger partial charge in [-0.1, -0.05) is 0 Å². The molecule has 2 nitrogen and oxygen atoms in total. The summed E-state index contributed by atoms with van der Waals surface area (Å²) >= 11 is 5.16. The zero-order chi connectivity index (χ0) is 10.7. The second kappa shape index (κ2) is 4.96. The van der Waals surface area contributed by atoms with Gasteiger partial charge in [-0.2, -0.15) is 11.3 Å². The van der Waals surface area contributed by atoms with Crippen LogP contribution < -0.4 is 5.73 Å².